The Labute approximate surface area is 870 Å². The number of nitrogens with zero attached hydrogens (tertiary/aromatic N) is 2. The van der Waals surface area contributed by atoms with Crippen LogP contribution < -0.4 is 14.5 Å². The fourth-order valence-electron chi connectivity index (χ4n) is 35.2. The standard InChI is InChI=1S/C138H178N2O4/c1-34-131(35-2)77-123(17,18)113-98(131)72-99-114(124(19,20)78-132(99,36-3)37-4)107(113)85-50-58-90(59-51-85)139(91-60-52-86(53-61-91)108-115-100(133(38-5,39-6)79-125(115,21)22)73-101-116(108)126(23,24)80-134(101,40-7)41-8)94-66-68-96(89(70-94)76-141)111-121(142)112(122(111)143)97-69-67-95(71-106(97)144-33)140(92-62-54-87(55-63-92)109-117-102(135(42-9,43-10)81-127(117,25)26)74-103-118(109)128(27,28)82-136(103,44-11)45-12)93-64-56-88(57-65-93)110-119-104(137(46-13,47-14)83-129(119,29)30)75-105-120(110)130(31,32)84-138(105,48-15)49-16/h50-75,141-143H,34-49,76-84H2,1-33H3. The zero-order valence-corrected chi connectivity index (χ0v) is 95.3. The predicted molar refractivity (Wildman–Crippen MR) is 615 cm³/mol. The van der Waals surface area contributed by atoms with Crippen molar-refractivity contribution in [2.75, 3.05) is 16.9 Å². The molecule has 0 unspecified atom stereocenters. The summed E-state index contributed by atoms with van der Waals surface area (Å²) in [4.78, 5) is 4.77. The van der Waals surface area contributed by atoms with Crippen LogP contribution in [0.4, 0.5) is 34.1 Å². The third kappa shape index (κ3) is 14.6. The molecule has 0 radical (unpaired) electrons. The third-order valence-corrected chi connectivity index (χ3v) is 42.5. The number of fused-ring (bicyclic) bond motifs is 8. The molecule has 0 atom stereocenters. The van der Waals surface area contributed by atoms with Gasteiger partial charge < -0.3 is 29.9 Å². The van der Waals surface area contributed by atoms with Crippen LogP contribution in [0.5, 0.6) is 5.75 Å². The minimum Gasteiger partial charge on any atom is -0.506 e. The van der Waals surface area contributed by atoms with E-state index in [9.17, 15) is 15.3 Å². The molecule has 9 aliphatic carbocycles. The zero-order chi connectivity index (χ0) is 104. The summed E-state index contributed by atoms with van der Waals surface area (Å²) >= 11 is 0. The second kappa shape index (κ2) is 35.1. The Morgan fingerprint density at radius 3 is 0.583 bits per heavy atom. The summed E-state index contributed by atoms with van der Waals surface area (Å²) < 4.78 is 6.61. The molecule has 0 bridgehead atoms. The second-order valence-corrected chi connectivity index (χ2v) is 53.0. The molecule has 3 N–H and O–H groups in total. The minimum absolute atomic E-state index is 0.0424. The first kappa shape index (κ1) is 103. The highest BCUT2D eigenvalue weighted by atomic mass is 16.5. The number of hydrogen-bond donors (Lipinski definition) is 3. The highest BCUT2D eigenvalue weighted by molar-refractivity contribution is 6.08. The maximum Gasteiger partial charge on any atom is 0.138 e. The van der Waals surface area contributed by atoms with Crippen molar-refractivity contribution in [2.45, 2.75) is 469 Å². The van der Waals surface area contributed by atoms with E-state index in [1.165, 1.54) is 44.5 Å². The van der Waals surface area contributed by atoms with Crippen LogP contribution in [0.2, 0.25) is 0 Å². The van der Waals surface area contributed by atoms with Crippen molar-refractivity contribution in [1.82, 2.24) is 0 Å². The first-order valence-electron chi connectivity index (χ1n) is 57.3. The lowest BCUT2D eigenvalue weighted by molar-refractivity contribution is 0.281. The third-order valence-electron chi connectivity index (χ3n) is 42.5. The van der Waals surface area contributed by atoms with Gasteiger partial charge >= 0.3 is 0 Å². The molecule has 19 rings (SSSR count). The molecule has 0 aromatic heterocycles. The Balaban J connectivity index is 0.747. The molecule has 0 amide bonds. The van der Waals surface area contributed by atoms with Crippen LogP contribution in [0.3, 0.4) is 0 Å². The number of anilines is 6. The van der Waals surface area contributed by atoms with Crippen LogP contribution in [-0.4, -0.2) is 22.4 Å². The first-order valence-corrected chi connectivity index (χ1v) is 57.3. The van der Waals surface area contributed by atoms with Crippen LogP contribution in [0.1, 0.15) is 481 Å². The molecular formula is C138H178N2O4. The molecule has 0 aliphatic heterocycles. The smallest absolute Gasteiger partial charge is 0.138 e. The van der Waals surface area contributed by atoms with Gasteiger partial charge in [0.25, 0.3) is 0 Å². The molecule has 10 aromatic carbocycles. The number of methoxy groups -OCH3 is 1. The van der Waals surface area contributed by atoms with E-state index in [1.807, 2.05) is 12.1 Å². The molecule has 0 heterocycles. The molecule has 9 aliphatic rings. The van der Waals surface area contributed by atoms with Crippen LogP contribution >= 0.6 is 0 Å². The Kier molecular flexibility index (Phi) is 25.2. The number of allylic oxidation sites excluding steroid dienone is 2. The highest BCUT2D eigenvalue weighted by Crippen LogP contribution is 2.71. The van der Waals surface area contributed by atoms with Crippen molar-refractivity contribution < 1.29 is 20.1 Å². The van der Waals surface area contributed by atoms with Gasteiger partial charge in [-0.2, -0.15) is 0 Å². The number of aliphatic hydroxyl groups excluding tert-OH is 3. The van der Waals surface area contributed by atoms with Crippen molar-refractivity contribution in [3.63, 3.8) is 0 Å². The van der Waals surface area contributed by atoms with Gasteiger partial charge in [-0.1, -0.05) is 300 Å². The molecule has 6 heteroatoms. The zero-order valence-electron chi connectivity index (χ0n) is 95.3. The van der Waals surface area contributed by atoms with Crippen molar-refractivity contribution in [1.29, 1.82) is 0 Å². The SMILES string of the molecule is CCC1(CC)CC(C)(C)c2c1cc1c(c2-c2ccc(N(c3ccc(-c4c5c(cc6c4C(C)(C)CC6(CC)CC)C(CC)(CC)CC5(C)C)cc3)c3ccc(C4=C(O)C(c5ccc(N(c6ccc(-c7c8c(cc9c7C(C)(C)CC9(CC)CC)C(CC)(CC)CC8(C)C)cc6)c6ccc(-c7c8c(cc9c7C(C)(C)CC9(CC)CC)C(CC)(CC)CC8(C)C)cc6)cc5OC)=C4O)c(CO)c3)cc2)C(C)(C)CC1(CC)CC. The summed E-state index contributed by atoms with van der Waals surface area (Å²) in [5.41, 5.74) is 44.5. The van der Waals surface area contributed by atoms with Gasteiger partial charge in [-0.05, 0) is 458 Å². The van der Waals surface area contributed by atoms with E-state index >= 15 is 0 Å². The van der Waals surface area contributed by atoms with Gasteiger partial charge in [0.05, 0.1) is 24.9 Å². The maximum absolute atomic E-state index is 13.1. The summed E-state index contributed by atoms with van der Waals surface area (Å²) in [5, 5.41) is 38.4. The second-order valence-electron chi connectivity index (χ2n) is 53.0. The summed E-state index contributed by atoms with van der Waals surface area (Å²) in [6.45, 7) is 79.2. The lowest BCUT2D eigenvalue weighted by Crippen LogP contribution is -2.26. The maximum atomic E-state index is 13.1. The molecule has 0 spiro atoms. The molecular weight excluding hydrogens is 1750 g/mol. The van der Waals surface area contributed by atoms with E-state index in [4.69, 9.17) is 4.74 Å². The van der Waals surface area contributed by atoms with Gasteiger partial charge in [0.2, 0.25) is 0 Å². The van der Waals surface area contributed by atoms with Gasteiger partial charge in [-0.15, -0.1) is 0 Å². The van der Waals surface area contributed by atoms with Crippen LogP contribution in [0.25, 0.3) is 55.7 Å². The average molecular weight is 1930 g/mol. The Morgan fingerprint density at radius 1 is 0.229 bits per heavy atom. The summed E-state index contributed by atoms with van der Waals surface area (Å²) in [5.74, 6) is 0.407. The van der Waals surface area contributed by atoms with Crippen LogP contribution in [0, 0.1) is 0 Å². The largest absolute Gasteiger partial charge is 0.506 e. The van der Waals surface area contributed by atoms with Crippen molar-refractivity contribution >= 4 is 45.3 Å². The number of hydrogen-bond acceptors (Lipinski definition) is 6. The highest BCUT2D eigenvalue weighted by Gasteiger charge is 2.61. The van der Waals surface area contributed by atoms with E-state index in [1.54, 1.807) is 96.1 Å². The molecule has 144 heavy (non-hydrogen) atoms. The Hall–Kier alpha value is -9.36. The molecule has 764 valence electrons. The van der Waals surface area contributed by atoms with E-state index in [0.29, 0.717) is 33.6 Å². The Morgan fingerprint density at radius 2 is 0.403 bits per heavy atom. The summed E-state index contributed by atoms with van der Waals surface area (Å²) in [7, 11) is 1.71. The minimum atomic E-state index is -0.344. The molecule has 10 aromatic rings. The average Bonchev–Trinajstić information content (AvgIpc) is 1.53. The topological polar surface area (TPSA) is 76.4 Å². The monoisotopic (exact) mass is 1930 g/mol. The van der Waals surface area contributed by atoms with E-state index in [0.717, 1.165) is 188 Å². The lowest BCUT2D eigenvalue weighted by Gasteiger charge is -2.33. The van der Waals surface area contributed by atoms with Gasteiger partial charge in [-0.3, -0.25) is 0 Å². The quantitative estimate of drug-likeness (QED) is 0.0417. The van der Waals surface area contributed by atoms with Gasteiger partial charge in [0, 0.05) is 45.8 Å². The van der Waals surface area contributed by atoms with E-state index < -0.39 is 0 Å². The van der Waals surface area contributed by atoms with Gasteiger partial charge in [-0.25, -0.2) is 0 Å². The predicted octanol–water partition coefficient (Wildman–Crippen LogP) is 39.0. The normalized spacial score (nSPS) is 21.2. The van der Waals surface area contributed by atoms with Crippen molar-refractivity contribution in [2.24, 2.45) is 0 Å². The van der Waals surface area contributed by atoms with Crippen molar-refractivity contribution in [3.8, 4) is 50.3 Å². The lowest BCUT2D eigenvalue weighted by atomic mass is 9.72. The van der Waals surface area contributed by atoms with Gasteiger partial charge in [0.1, 0.15) is 17.3 Å². The fourth-order valence-corrected chi connectivity index (χ4v) is 35.2. The molecule has 0 saturated heterocycles. The number of rotatable bonds is 30. The van der Waals surface area contributed by atoms with Crippen LogP contribution in [0.15, 0.2) is 169 Å². The Bertz CT molecular complexity index is 5820. The van der Waals surface area contributed by atoms with Crippen LogP contribution in [-0.2, 0) is 93.2 Å². The summed E-state index contributed by atoms with van der Waals surface area (Å²) in [6, 6.07) is 61.9. The van der Waals surface area contributed by atoms with E-state index in [2.05, 4.69) is 377 Å². The fraction of sp³-hybridized carbons (Fsp3) is 0.536. The molecule has 6 nitrogen and oxygen atoms in total. The summed E-state index contributed by atoms with van der Waals surface area (Å²) in [6.07, 6.45) is 26.9. The first-order chi connectivity index (χ1) is 68.0. The molecule has 0 fully saturated rings. The van der Waals surface area contributed by atoms with Gasteiger partial charge in [0.15, 0.2) is 0 Å². The molecule has 0 saturated carbocycles. The van der Waals surface area contributed by atoms with E-state index in [-0.39, 0.29) is 105 Å². The van der Waals surface area contributed by atoms with Crippen molar-refractivity contribution in [3.05, 3.63) is 275 Å². The number of benzene rings is 10. The number of aliphatic hydroxyl groups is 3. The number of ether oxygens (including phenoxy) is 1.